The van der Waals surface area contributed by atoms with Crippen LogP contribution in [0.1, 0.15) is 31.1 Å². The zero-order valence-corrected chi connectivity index (χ0v) is 12.7. The van der Waals surface area contributed by atoms with Crippen LogP contribution in [0.25, 0.3) is 0 Å². The Kier molecular flexibility index (Phi) is 4.59. The minimum absolute atomic E-state index is 0.0328. The Labute approximate surface area is 136 Å². The maximum atomic E-state index is 12.6. The molecule has 24 heavy (non-hydrogen) atoms. The topological polar surface area (TPSA) is 84.3 Å². The molecule has 128 valence electrons. The van der Waals surface area contributed by atoms with E-state index in [0.29, 0.717) is 12.2 Å². The predicted octanol–water partition coefficient (Wildman–Crippen LogP) is 3.65. The lowest BCUT2D eigenvalue weighted by molar-refractivity contribution is -0.386. The molecule has 7 nitrogen and oxygen atoms in total. The average Bonchev–Trinajstić information content (AvgIpc) is 3.08. The molecule has 0 aliphatic carbocycles. The van der Waals surface area contributed by atoms with Gasteiger partial charge < -0.3 is 14.6 Å². The number of nitrogens with one attached hydrogen (secondary N) is 1. The fraction of sp³-hybridized carbons (Fsp3) is 0.400. The van der Waals surface area contributed by atoms with Crippen LogP contribution in [0.2, 0.25) is 0 Å². The van der Waals surface area contributed by atoms with Crippen molar-refractivity contribution in [2.45, 2.75) is 31.9 Å². The Morgan fingerprint density at radius 3 is 2.92 bits per heavy atom. The summed E-state index contributed by atoms with van der Waals surface area (Å²) in [5.74, 6) is 0.348. The molecule has 3 rings (SSSR count). The molecule has 1 aliphatic heterocycles. The highest BCUT2D eigenvalue weighted by Crippen LogP contribution is 2.38. The van der Waals surface area contributed by atoms with Gasteiger partial charge in [0.05, 0.1) is 11.0 Å². The van der Waals surface area contributed by atoms with Crippen LogP contribution in [-0.2, 0) is 0 Å². The molecule has 0 amide bonds. The van der Waals surface area contributed by atoms with Gasteiger partial charge in [0, 0.05) is 36.8 Å². The lowest BCUT2D eigenvalue weighted by Gasteiger charge is -2.36. The van der Waals surface area contributed by atoms with Crippen molar-refractivity contribution in [2.24, 2.45) is 0 Å². The van der Waals surface area contributed by atoms with Crippen molar-refractivity contribution >= 4 is 11.4 Å². The van der Waals surface area contributed by atoms with E-state index in [1.165, 1.54) is 12.1 Å². The van der Waals surface area contributed by atoms with Crippen molar-refractivity contribution in [3.8, 4) is 5.75 Å². The third-order valence-electron chi connectivity index (χ3n) is 4.03. The maximum Gasteiger partial charge on any atom is 0.387 e. The zero-order chi connectivity index (χ0) is 17.1. The highest BCUT2D eigenvalue weighted by atomic mass is 19.3. The second-order valence-electron chi connectivity index (χ2n) is 5.47. The Balaban J connectivity index is 1.96. The first-order valence-corrected chi connectivity index (χ1v) is 7.55. The minimum Gasteiger partial charge on any atom is -0.427 e. The number of piperidine rings is 1. The van der Waals surface area contributed by atoms with Crippen molar-refractivity contribution in [3.05, 3.63) is 46.5 Å². The molecule has 0 bridgehead atoms. The van der Waals surface area contributed by atoms with Gasteiger partial charge in [-0.25, -0.2) is 4.98 Å². The summed E-state index contributed by atoms with van der Waals surface area (Å²) in [5.41, 5.74) is 0.114. The van der Waals surface area contributed by atoms with E-state index in [9.17, 15) is 18.9 Å². The number of halogens is 2. The number of nitrogens with zero attached hydrogens (tertiary/aromatic N) is 3. The first kappa shape index (κ1) is 16.2. The van der Waals surface area contributed by atoms with Crippen molar-refractivity contribution in [2.75, 3.05) is 11.4 Å². The third-order valence-corrected chi connectivity index (χ3v) is 4.03. The summed E-state index contributed by atoms with van der Waals surface area (Å²) < 4.78 is 29.5. The van der Waals surface area contributed by atoms with Crippen LogP contribution in [0.15, 0.2) is 30.6 Å². The van der Waals surface area contributed by atoms with Crippen LogP contribution >= 0.6 is 0 Å². The van der Waals surface area contributed by atoms with Crippen LogP contribution < -0.4 is 9.64 Å². The Hall–Kier alpha value is -2.71. The van der Waals surface area contributed by atoms with Crippen molar-refractivity contribution < 1.29 is 18.4 Å². The zero-order valence-electron chi connectivity index (χ0n) is 12.7. The van der Waals surface area contributed by atoms with Crippen molar-refractivity contribution in [3.63, 3.8) is 0 Å². The Bertz CT molecular complexity index is 709. The van der Waals surface area contributed by atoms with Crippen LogP contribution in [-0.4, -0.2) is 28.0 Å². The highest BCUT2D eigenvalue weighted by Gasteiger charge is 2.28. The van der Waals surface area contributed by atoms with Gasteiger partial charge in [-0.3, -0.25) is 10.1 Å². The first-order chi connectivity index (χ1) is 11.6. The number of alkyl halides is 2. The van der Waals surface area contributed by atoms with Gasteiger partial charge in [-0.15, -0.1) is 0 Å². The van der Waals surface area contributed by atoms with E-state index < -0.39 is 23.0 Å². The molecule has 2 heterocycles. The van der Waals surface area contributed by atoms with Gasteiger partial charge in [-0.1, -0.05) is 0 Å². The number of imidazole rings is 1. The normalized spacial score (nSPS) is 18.0. The standard InChI is InChI=1S/C15H16F2N4O3/c16-15(17)24-13-9-10(4-5-11(13)21(22)23)20-8-2-1-3-12(20)14-18-6-7-19-14/h4-7,9,12,15H,1-3,8H2,(H,18,19). The molecule has 1 aromatic heterocycles. The maximum absolute atomic E-state index is 12.6. The van der Waals surface area contributed by atoms with Crippen molar-refractivity contribution in [1.82, 2.24) is 9.97 Å². The van der Waals surface area contributed by atoms with Gasteiger partial charge in [0.15, 0.2) is 0 Å². The summed E-state index contributed by atoms with van der Waals surface area (Å²) in [4.78, 5) is 19.6. The van der Waals surface area contributed by atoms with E-state index in [4.69, 9.17) is 0 Å². The summed E-state index contributed by atoms with van der Waals surface area (Å²) >= 11 is 0. The second-order valence-corrected chi connectivity index (χ2v) is 5.47. The lowest BCUT2D eigenvalue weighted by Crippen LogP contribution is -2.34. The number of H-pyrrole nitrogens is 1. The molecule has 0 radical (unpaired) electrons. The number of aromatic amines is 1. The summed E-state index contributed by atoms with van der Waals surface area (Å²) in [5, 5.41) is 11.0. The number of benzene rings is 1. The van der Waals surface area contributed by atoms with E-state index in [0.717, 1.165) is 25.1 Å². The number of aromatic nitrogens is 2. The van der Waals surface area contributed by atoms with Crippen LogP contribution in [0, 0.1) is 10.1 Å². The number of hydrogen-bond acceptors (Lipinski definition) is 5. The van der Waals surface area contributed by atoms with E-state index in [2.05, 4.69) is 14.7 Å². The molecule has 1 fully saturated rings. The Morgan fingerprint density at radius 1 is 1.42 bits per heavy atom. The lowest BCUT2D eigenvalue weighted by atomic mass is 10.0. The highest BCUT2D eigenvalue weighted by molar-refractivity contribution is 5.60. The summed E-state index contributed by atoms with van der Waals surface area (Å²) in [6, 6.07) is 4.01. The number of nitro groups is 1. The number of rotatable bonds is 5. The molecular weight excluding hydrogens is 322 g/mol. The summed E-state index contributed by atoms with van der Waals surface area (Å²) in [6.45, 7) is -2.42. The molecule has 0 saturated carbocycles. The summed E-state index contributed by atoms with van der Waals surface area (Å²) in [6.07, 6.45) is 6.20. The molecule has 9 heteroatoms. The SMILES string of the molecule is O=[N+]([O-])c1ccc(N2CCCCC2c2ncc[nH]2)cc1OC(F)F. The van der Waals surface area contributed by atoms with Gasteiger partial charge in [0.1, 0.15) is 5.82 Å². The molecule has 1 unspecified atom stereocenters. The molecule has 0 spiro atoms. The van der Waals surface area contributed by atoms with E-state index in [1.54, 1.807) is 18.5 Å². The molecular formula is C15H16F2N4O3. The molecule has 1 N–H and O–H groups in total. The fourth-order valence-corrected chi connectivity index (χ4v) is 3.01. The minimum atomic E-state index is -3.12. The van der Waals surface area contributed by atoms with Gasteiger partial charge in [-0.2, -0.15) is 8.78 Å². The molecule has 1 aliphatic rings. The van der Waals surface area contributed by atoms with Gasteiger partial charge >= 0.3 is 12.3 Å². The number of ether oxygens (including phenoxy) is 1. The van der Waals surface area contributed by atoms with Crippen LogP contribution in [0.3, 0.4) is 0 Å². The number of hydrogen-bond donors (Lipinski definition) is 1. The summed E-state index contributed by atoms with van der Waals surface area (Å²) in [7, 11) is 0. The monoisotopic (exact) mass is 338 g/mol. The smallest absolute Gasteiger partial charge is 0.387 e. The van der Waals surface area contributed by atoms with E-state index in [-0.39, 0.29) is 6.04 Å². The largest absolute Gasteiger partial charge is 0.427 e. The van der Waals surface area contributed by atoms with Crippen molar-refractivity contribution in [1.29, 1.82) is 0 Å². The molecule has 1 aromatic carbocycles. The first-order valence-electron chi connectivity index (χ1n) is 7.55. The molecule has 1 atom stereocenters. The number of nitro benzene ring substituents is 1. The molecule has 2 aromatic rings. The average molecular weight is 338 g/mol. The van der Waals surface area contributed by atoms with E-state index in [1.807, 2.05) is 4.90 Å². The third kappa shape index (κ3) is 3.29. The predicted molar refractivity (Wildman–Crippen MR) is 82.3 cm³/mol. The quantitative estimate of drug-likeness (QED) is 0.664. The Morgan fingerprint density at radius 2 is 2.25 bits per heavy atom. The van der Waals surface area contributed by atoms with Gasteiger partial charge in [0.25, 0.3) is 0 Å². The fourth-order valence-electron chi connectivity index (χ4n) is 3.01. The van der Waals surface area contributed by atoms with E-state index >= 15 is 0 Å². The molecule has 1 saturated heterocycles. The van der Waals surface area contributed by atoms with Crippen LogP contribution in [0.5, 0.6) is 5.75 Å². The van der Waals surface area contributed by atoms with Gasteiger partial charge in [0.2, 0.25) is 5.75 Å². The number of anilines is 1. The van der Waals surface area contributed by atoms with Gasteiger partial charge in [-0.05, 0) is 25.3 Å². The second kappa shape index (κ2) is 6.81. The van der Waals surface area contributed by atoms with Crippen LogP contribution in [0.4, 0.5) is 20.2 Å².